The van der Waals surface area contributed by atoms with E-state index in [0.717, 1.165) is 38.9 Å². The van der Waals surface area contributed by atoms with Crippen LogP contribution in [0.3, 0.4) is 0 Å². The molecule has 5 heteroatoms. The number of benzene rings is 6. The third-order valence-electron chi connectivity index (χ3n) is 11.4. The first kappa shape index (κ1) is 31.8. The maximum atomic E-state index is 12.6. The second kappa shape index (κ2) is 12.5. The first-order chi connectivity index (χ1) is 24.8. The molecule has 250 valence electrons. The van der Waals surface area contributed by atoms with E-state index < -0.39 is 7.14 Å². The highest BCUT2D eigenvalue weighted by Crippen LogP contribution is 2.60. The molecule has 3 atom stereocenters. The van der Waals surface area contributed by atoms with E-state index in [-0.39, 0.29) is 5.41 Å². The topological polar surface area (TPSA) is 55.7 Å². The molecule has 2 fully saturated rings. The van der Waals surface area contributed by atoms with Crippen LogP contribution in [-0.4, -0.2) is 28.3 Å². The summed E-state index contributed by atoms with van der Waals surface area (Å²) in [6.45, 7) is 3.65. The van der Waals surface area contributed by atoms with Gasteiger partial charge in [-0.1, -0.05) is 146 Å². The van der Waals surface area contributed by atoms with Gasteiger partial charge in [0.1, 0.15) is 7.14 Å². The van der Waals surface area contributed by atoms with Crippen LogP contribution in [0.15, 0.2) is 146 Å². The predicted octanol–water partition coefficient (Wildman–Crippen LogP) is 11.0. The molecule has 9 rings (SSSR count). The Balaban J connectivity index is 1.08. The van der Waals surface area contributed by atoms with Gasteiger partial charge < -0.3 is 4.57 Å². The molecule has 1 heterocycles. The molecule has 51 heavy (non-hydrogen) atoms. The van der Waals surface area contributed by atoms with Crippen molar-refractivity contribution in [1.82, 2.24) is 15.0 Å². The molecule has 0 saturated heterocycles. The first-order valence-electron chi connectivity index (χ1n) is 18.0. The maximum absolute atomic E-state index is 12.6. The average molecular weight is 682 g/mol. The molecule has 0 amide bonds. The summed E-state index contributed by atoms with van der Waals surface area (Å²) in [6.07, 6.45) is 5.08. The van der Waals surface area contributed by atoms with E-state index in [1.165, 1.54) is 47.8 Å². The van der Waals surface area contributed by atoms with E-state index in [2.05, 4.69) is 115 Å². The van der Waals surface area contributed by atoms with Crippen molar-refractivity contribution < 1.29 is 4.57 Å². The second-order valence-electron chi connectivity index (χ2n) is 14.8. The van der Waals surface area contributed by atoms with Gasteiger partial charge in [0, 0.05) is 27.4 Å². The summed E-state index contributed by atoms with van der Waals surface area (Å²) in [5, 5.41) is 3.28. The van der Waals surface area contributed by atoms with Crippen LogP contribution in [0.4, 0.5) is 0 Å². The molecule has 2 aliphatic rings. The summed E-state index contributed by atoms with van der Waals surface area (Å²) in [4.78, 5) is 15.1. The Labute approximate surface area is 300 Å². The number of fused-ring (bicyclic) bond motifs is 3. The lowest BCUT2D eigenvalue weighted by molar-refractivity contribution is 0.320. The quantitative estimate of drug-likeness (QED) is 0.157. The highest BCUT2D eigenvalue weighted by atomic mass is 31.2. The zero-order valence-electron chi connectivity index (χ0n) is 29.0. The Morgan fingerprint density at radius 3 is 1.61 bits per heavy atom. The fourth-order valence-corrected chi connectivity index (χ4v) is 9.64. The highest BCUT2D eigenvalue weighted by Gasteiger charge is 2.52. The number of nitrogens with zero attached hydrogens (tertiary/aromatic N) is 3. The van der Waals surface area contributed by atoms with E-state index in [9.17, 15) is 4.57 Å². The number of aromatic nitrogens is 3. The lowest BCUT2D eigenvalue weighted by atomic mass is 9.64. The zero-order chi connectivity index (χ0) is 34.6. The monoisotopic (exact) mass is 681 g/mol. The molecular formula is C46H40N3OP. The van der Waals surface area contributed by atoms with Crippen molar-refractivity contribution in [2.75, 3.05) is 13.3 Å². The standard InChI is InChI=1S/C46H40N3OP/c1-51(2,50)42-26-19-34(20-27-42)33-15-22-39(23-16-33)46(30-31-12-21-41(46)28-31)40-24-17-36(18-25-40)44-47-43(35-9-4-3-5-10-35)48-45(49-44)38-14-13-32-8-6-7-11-37(32)29-38/h3-11,13-20,22-27,29,31,41H,12,21,28,30H2,1-2H3. The largest absolute Gasteiger partial charge is 0.319 e. The van der Waals surface area contributed by atoms with Crippen LogP contribution in [0.5, 0.6) is 0 Å². The predicted molar refractivity (Wildman–Crippen MR) is 211 cm³/mol. The minimum absolute atomic E-state index is 0.00848. The van der Waals surface area contributed by atoms with Gasteiger partial charge in [0.2, 0.25) is 0 Å². The van der Waals surface area contributed by atoms with Crippen molar-refractivity contribution in [1.29, 1.82) is 0 Å². The van der Waals surface area contributed by atoms with Gasteiger partial charge in [-0.25, -0.2) is 15.0 Å². The third kappa shape index (κ3) is 5.82. The SMILES string of the molecule is CP(C)(=O)c1ccc(-c2ccc(C3(c4ccc(-c5nc(-c6ccccc6)nc(-c6ccc7ccccc7c6)n5)cc4)CC4CCC3C4)cc2)cc1. The number of hydrogen-bond donors (Lipinski definition) is 0. The molecule has 0 N–H and O–H groups in total. The molecule has 4 nitrogen and oxygen atoms in total. The molecule has 2 saturated carbocycles. The fraction of sp³-hybridized carbons (Fsp3) is 0.196. The summed E-state index contributed by atoms with van der Waals surface area (Å²) in [6, 6.07) is 51.6. The maximum Gasteiger partial charge on any atom is 0.164 e. The Hall–Kier alpha value is -5.18. The summed E-state index contributed by atoms with van der Waals surface area (Å²) >= 11 is 0. The molecule has 0 aliphatic heterocycles. The lowest BCUT2D eigenvalue weighted by Gasteiger charge is -2.39. The van der Waals surface area contributed by atoms with E-state index in [4.69, 9.17) is 15.0 Å². The van der Waals surface area contributed by atoms with Gasteiger partial charge in [-0.3, -0.25) is 0 Å². The van der Waals surface area contributed by atoms with Crippen LogP contribution >= 0.6 is 7.14 Å². The molecule has 3 unspecified atom stereocenters. The van der Waals surface area contributed by atoms with Crippen molar-refractivity contribution in [2.45, 2.75) is 31.1 Å². The Morgan fingerprint density at radius 2 is 1.04 bits per heavy atom. The van der Waals surface area contributed by atoms with E-state index in [1.54, 1.807) is 0 Å². The van der Waals surface area contributed by atoms with Crippen molar-refractivity contribution in [3.8, 4) is 45.3 Å². The second-order valence-corrected chi connectivity index (χ2v) is 18.1. The molecule has 6 aromatic carbocycles. The van der Waals surface area contributed by atoms with Gasteiger partial charge in [0.05, 0.1) is 0 Å². The lowest BCUT2D eigenvalue weighted by Crippen LogP contribution is -2.34. The van der Waals surface area contributed by atoms with Crippen LogP contribution in [0, 0.1) is 11.8 Å². The molecule has 2 bridgehead atoms. The van der Waals surface area contributed by atoms with Gasteiger partial charge in [0.15, 0.2) is 17.5 Å². The van der Waals surface area contributed by atoms with Crippen molar-refractivity contribution in [2.24, 2.45) is 11.8 Å². The summed E-state index contributed by atoms with van der Waals surface area (Å²) < 4.78 is 12.6. The zero-order valence-corrected chi connectivity index (χ0v) is 29.9. The van der Waals surface area contributed by atoms with Gasteiger partial charge >= 0.3 is 0 Å². The number of hydrogen-bond acceptors (Lipinski definition) is 4. The summed E-state index contributed by atoms with van der Waals surface area (Å²) in [5.74, 6) is 3.42. The van der Waals surface area contributed by atoms with Crippen molar-refractivity contribution >= 4 is 23.2 Å². The first-order valence-corrected chi connectivity index (χ1v) is 20.6. The van der Waals surface area contributed by atoms with Crippen LogP contribution < -0.4 is 5.30 Å². The molecule has 1 aromatic heterocycles. The highest BCUT2D eigenvalue weighted by molar-refractivity contribution is 7.70. The van der Waals surface area contributed by atoms with Crippen LogP contribution in [0.1, 0.15) is 36.8 Å². The molecule has 2 aliphatic carbocycles. The Morgan fingerprint density at radius 1 is 0.529 bits per heavy atom. The van der Waals surface area contributed by atoms with Gasteiger partial charge in [-0.15, -0.1) is 0 Å². The normalized spacial score (nSPS) is 19.8. The van der Waals surface area contributed by atoms with Crippen LogP contribution in [0.25, 0.3) is 56.1 Å². The van der Waals surface area contributed by atoms with E-state index >= 15 is 0 Å². The molecule has 0 spiro atoms. The fourth-order valence-electron chi connectivity index (χ4n) is 8.77. The molecular weight excluding hydrogens is 642 g/mol. The Bertz CT molecular complexity index is 2420. The molecule has 7 aromatic rings. The van der Waals surface area contributed by atoms with Gasteiger partial charge in [-0.2, -0.15) is 0 Å². The van der Waals surface area contributed by atoms with Crippen molar-refractivity contribution in [3.05, 3.63) is 157 Å². The minimum atomic E-state index is -2.28. The summed E-state index contributed by atoms with van der Waals surface area (Å²) in [5.41, 5.74) is 8.04. The van der Waals surface area contributed by atoms with Crippen LogP contribution in [0.2, 0.25) is 0 Å². The van der Waals surface area contributed by atoms with Gasteiger partial charge in [-0.05, 0) is 83.5 Å². The van der Waals surface area contributed by atoms with E-state index in [1.807, 2.05) is 43.7 Å². The van der Waals surface area contributed by atoms with Crippen molar-refractivity contribution in [3.63, 3.8) is 0 Å². The average Bonchev–Trinajstić information content (AvgIpc) is 3.81. The van der Waals surface area contributed by atoms with Gasteiger partial charge in [0.25, 0.3) is 0 Å². The smallest absolute Gasteiger partial charge is 0.164 e. The number of rotatable bonds is 7. The Kier molecular flexibility index (Phi) is 7.82. The third-order valence-corrected chi connectivity index (χ3v) is 12.9. The molecule has 0 radical (unpaired) electrons. The minimum Gasteiger partial charge on any atom is -0.319 e. The van der Waals surface area contributed by atoms with Crippen LogP contribution in [-0.2, 0) is 9.98 Å². The summed E-state index contributed by atoms with van der Waals surface area (Å²) in [7, 11) is -2.28. The van der Waals surface area contributed by atoms with E-state index in [0.29, 0.717) is 23.4 Å².